The van der Waals surface area contributed by atoms with E-state index in [0.717, 1.165) is 17.5 Å². The molecule has 3 heteroatoms. The van der Waals surface area contributed by atoms with Crippen LogP contribution in [0.4, 0.5) is 0 Å². The van der Waals surface area contributed by atoms with E-state index in [1.807, 2.05) is 32.0 Å². The fraction of sp³-hybridized carbons (Fsp3) is 0.467. The largest absolute Gasteiger partial charge is 0.481 e. The Hall–Kier alpha value is -1.64. The van der Waals surface area contributed by atoms with Crippen LogP contribution in [0.1, 0.15) is 40.7 Å². The highest BCUT2D eigenvalue weighted by molar-refractivity contribution is 6.01. The van der Waals surface area contributed by atoms with E-state index in [-0.39, 0.29) is 11.7 Å². The summed E-state index contributed by atoms with van der Waals surface area (Å²) in [5, 5.41) is 9.15. The smallest absolute Gasteiger partial charge is 0.307 e. The standard InChI is InChI=1S/C15H18O3/c1-9-5-3-6-11(10(9)2)14(16)12-7-4-8-13(12)15(17)18/h3,5-6,12-13H,4,7-8H2,1-2H3,(H,17,18). The Morgan fingerprint density at radius 1 is 1.17 bits per heavy atom. The lowest BCUT2D eigenvalue weighted by Gasteiger charge is -2.16. The zero-order valence-electron chi connectivity index (χ0n) is 10.8. The molecule has 1 aromatic rings. The average Bonchev–Trinajstić information content (AvgIpc) is 2.81. The molecule has 0 bridgehead atoms. The van der Waals surface area contributed by atoms with E-state index in [9.17, 15) is 9.59 Å². The minimum atomic E-state index is -0.837. The number of carbonyl (C=O) groups is 2. The number of aryl methyl sites for hydroxylation is 1. The number of carbonyl (C=O) groups excluding carboxylic acids is 1. The number of hydrogen-bond acceptors (Lipinski definition) is 2. The Bertz CT molecular complexity index is 491. The van der Waals surface area contributed by atoms with Gasteiger partial charge in [-0.05, 0) is 37.8 Å². The maximum Gasteiger partial charge on any atom is 0.307 e. The van der Waals surface area contributed by atoms with Gasteiger partial charge in [-0.3, -0.25) is 9.59 Å². The zero-order valence-corrected chi connectivity index (χ0v) is 10.8. The fourth-order valence-corrected chi connectivity index (χ4v) is 2.79. The maximum absolute atomic E-state index is 12.5. The Balaban J connectivity index is 2.31. The minimum Gasteiger partial charge on any atom is -0.481 e. The summed E-state index contributed by atoms with van der Waals surface area (Å²) in [6.45, 7) is 3.89. The van der Waals surface area contributed by atoms with Crippen LogP contribution in [0.3, 0.4) is 0 Å². The minimum absolute atomic E-state index is 0.00102. The van der Waals surface area contributed by atoms with E-state index in [1.165, 1.54) is 0 Å². The third kappa shape index (κ3) is 2.17. The predicted molar refractivity (Wildman–Crippen MR) is 68.7 cm³/mol. The molecule has 1 aliphatic rings. The van der Waals surface area contributed by atoms with Crippen molar-refractivity contribution in [2.24, 2.45) is 11.8 Å². The van der Waals surface area contributed by atoms with Crippen molar-refractivity contribution >= 4 is 11.8 Å². The average molecular weight is 246 g/mol. The van der Waals surface area contributed by atoms with Crippen LogP contribution in [0.15, 0.2) is 18.2 Å². The molecule has 1 aromatic carbocycles. The second kappa shape index (κ2) is 4.92. The van der Waals surface area contributed by atoms with Crippen LogP contribution in [0, 0.1) is 25.7 Å². The zero-order chi connectivity index (χ0) is 13.3. The van der Waals surface area contributed by atoms with Crippen LogP contribution in [-0.2, 0) is 4.79 Å². The van der Waals surface area contributed by atoms with Crippen LogP contribution >= 0.6 is 0 Å². The van der Waals surface area contributed by atoms with Crippen molar-refractivity contribution < 1.29 is 14.7 Å². The van der Waals surface area contributed by atoms with E-state index in [2.05, 4.69) is 0 Å². The molecule has 2 rings (SSSR count). The van der Waals surface area contributed by atoms with Crippen LogP contribution < -0.4 is 0 Å². The molecule has 0 heterocycles. The normalized spacial score (nSPS) is 23.0. The molecule has 96 valence electrons. The molecule has 0 aromatic heterocycles. The van der Waals surface area contributed by atoms with Gasteiger partial charge in [0.15, 0.2) is 5.78 Å². The molecule has 0 saturated heterocycles. The molecule has 0 aliphatic heterocycles. The molecule has 1 fully saturated rings. The summed E-state index contributed by atoms with van der Waals surface area (Å²) in [7, 11) is 0. The number of hydrogen-bond donors (Lipinski definition) is 1. The van der Waals surface area contributed by atoms with Gasteiger partial charge in [0.25, 0.3) is 0 Å². The highest BCUT2D eigenvalue weighted by Gasteiger charge is 2.38. The molecule has 1 aliphatic carbocycles. The van der Waals surface area contributed by atoms with Gasteiger partial charge in [0.1, 0.15) is 0 Å². The summed E-state index contributed by atoms with van der Waals surface area (Å²) < 4.78 is 0. The van der Waals surface area contributed by atoms with E-state index in [0.29, 0.717) is 18.4 Å². The monoisotopic (exact) mass is 246 g/mol. The van der Waals surface area contributed by atoms with Crippen LogP contribution in [0.5, 0.6) is 0 Å². The predicted octanol–water partition coefficient (Wildman–Crippen LogP) is 2.99. The maximum atomic E-state index is 12.5. The first-order valence-electron chi connectivity index (χ1n) is 6.35. The van der Waals surface area contributed by atoms with Gasteiger partial charge in [0.2, 0.25) is 0 Å². The van der Waals surface area contributed by atoms with Crippen molar-refractivity contribution in [2.45, 2.75) is 33.1 Å². The number of carboxylic acid groups (broad SMARTS) is 1. The van der Waals surface area contributed by atoms with E-state index in [4.69, 9.17) is 5.11 Å². The summed E-state index contributed by atoms with van der Waals surface area (Å²) in [5.41, 5.74) is 2.73. The topological polar surface area (TPSA) is 54.4 Å². The van der Waals surface area contributed by atoms with Gasteiger partial charge in [0, 0.05) is 11.5 Å². The molecule has 0 spiro atoms. The first-order valence-corrected chi connectivity index (χ1v) is 6.35. The van der Waals surface area contributed by atoms with Crippen molar-refractivity contribution in [3.05, 3.63) is 34.9 Å². The summed E-state index contributed by atoms with van der Waals surface area (Å²) in [5.74, 6) is -1.68. The molecule has 1 N–H and O–H groups in total. The number of Topliss-reactive ketones (excluding diaryl/α,β-unsaturated/α-hetero) is 1. The molecule has 0 radical (unpaired) electrons. The second-order valence-corrected chi connectivity index (χ2v) is 5.09. The lowest BCUT2D eigenvalue weighted by atomic mass is 9.86. The number of rotatable bonds is 3. The van der Waals surface area contributed by atoms with Crippen molar-refractivity contribution in [2.75, 3.05) is 0 Å². The fourth-order valence-electron chi connectivity index (χ4n) is 2.79. The summed E-state index contributed by atoms with van der Waals surface area (Å²) in [6, 6.07) is 5.64. The van der Waals surface area contributed by atoms with Gasteiger partial charge in [-0.25, -0.2) is 0 Å². The highest BCUT2D eigenvalue weighted by atomic mass is 16.4. The van der Waals surface area contributed by atoms with Gasteiger partial charge in [-0.2, -0.15) is 0 Å². The van der Waals surface area contributed by atoms with Crippen molar-refractivity contribution in [3.63, 3.8) is 0 Å². The quantitative estimate of drug-likeness (QED) is 0.834. The lowest BCUT2D eigenvalue weighted by Crippen LogP contribution is -2.26. The molecule has 0 amide bonds. The summed E-state index contributed by atoms with van der Waals surface area (Å²) in [4.78, 5) is 23.6. The van der Waals surface area contributed by atoms with Gasteiger partial charge in [-0.1, -0.05) is 24.6 Å². The second-order valence-electron chi connectivity index (χ2n) is 5.09. The van der Waals surface area contributed by atoms with Crippen molar-refractivity contribution in [3.8, 4) is 0 Å². The van der Waals surface area contributed by atoms with Crippen LogP contribution in [-0.4, -0.2) is 16.9 Å². The highest BCUT2D eigenvalue weighted by Crippen LogP contribution is 2.35. The molecule has 3 nitrogen and oxygen atoms in total. The first-order chi connectivity index (χ1) is 8.52. The first kappa shape index (κ1) is 12.8. The Morgan fingerprint density at radius 2 is 1.83 bits per heavy atom. The number of benzene rings is 1. The Labute approximate surface area is 107 Å². The third-order valence-corrected chi connectivity index (χ3v) is 4.04. The molecule has 18 heavy (non-hydrogen) atoms. The molecule has 1 saturated carbocycles. The van der Waals surface area contributed by atoms with Crippen LogP contribution in [0.2, 0.25) is 0 Å². The third-order valence-electron chi connectivity index (χ3n) is 4.04. The molecular weight excluding hydrogens is 228 g/mol. The Morgan fingerprint density at radius 3 is 2.50 bits per heavy atom. The SMILES string of the molecule is Cc1cccc(C(=O)C2CCCC2C(=O)O)c1C. The van der Waals surface area contributed by atoms with E-state index in [1.54, 1.807) is 0 Å². The van der Waals surface area contributed by atoms with E-state index >= 15 is 0 Å². The van der Waals surface area contributed by atoms with Gasteiger partial charge < -0.3 is 5.11 Å². The molecule has 2 atom stereocenters. The Kier molecular flexibility index (Phi) is 3.50. The molecule has 2 unspecified atom stereocenters. The summed E-state index contributed by atoms with van der Waals surface area (Å²) in [6.07, 6.45) is 2.15. The van der Waals surface area contributed by atoms with Gasteiger partial charge >= 0.3 is 5.97 Å². The molecular formula is C15H18O3. The summed E-state index contributed by atoms with van der Waals surface area (Å²) >= 11 is 0. The van der Waals surface area contributed by atoms with E-state index < -0.39 is 11.9 Å². The van der Waals surface area contributed by atoms with Gasteiger partial charge in [-0.15, -0.1) is 0 Å². The van der Waals surface area contributed by atoms with Crippen molar-refractivity contribution in [1.82, 2.24) is 0 Å². The van der Waals surface area contributed by atoms with Crippen LogP contribution in [0.25, 0.3) is 0 Å². The lowest BCUT2D eigenvalue weighted by molar-refractivity contribution is -0.142. The van der Waals surface area contributed by atoms with Gasteiger partial charge in [0.05, 0.1) is 5.92 Å². The number of carboxylic acids is 1. The number of aliphatic carboxylic acids is 1. The number of ketones is 1. The van der Waals surface area contributed by atoms with Crippen molar-refractivity contribution in [1.29, 1.82) is 0 Å².